The van der Waals surface area contributed by atoms with Gasteiger partial charge in [-0.15, -0.1) is 0 Å². The van der Waals surface area contributed by atoms with Crippen LogP contribution in [-0.2, 0) is 0 Å². The van der Waals surface area contributed by atoms with Gasteiger partial charge in [0.2, 0.25) is 0 Å². The molecule has 0 aromatic heterocycles. The van der Waals surface area contributed by atoms with Crippen LogP contribution in [0, 0.1) is 11.3 Å². The predicted molar refractivity (Wildman–Crippen MR) is 52.7 cm³/mol. The summed E-state index contributed by atoms with van der Waals surface area (Å²) in [4.78, 5) is 2.20. The largest absolute Gasteiger partial charge is 0.313 e. The average molecular weight is 171 g/mol. The number of nitriles is 1. The fourth-order valence-electron chi connectivity index (χ4n) is 1.13. The van der Waals surface area contributed by atoms with Crippen LogP contribution in [0.25, 0.3) is 0 Å². The van der Waals surface area contributed by atoms with E-state index in [0.717, 1.165) is 25.9 Å². The van der Waals surface area contributed by atoms with Crippen LogP contribution in [0.4, 0.5) is 0 Å². The van der Waals surface area contributed by atoms with Gasteiger partial charge in [-0.05, 0) is 19.9 Å². The molecule has 72 valence electrons. The van der Waals surface area contributed by atoms with Gasteiger partial charge in [-0.25, -0.2) is 0 Å². The summed E-state index contributed by atoms with van der Waals surface area (Å²) in [6, 6.07) is 2.15. The van der Waals surface area contributed by atoms with Crippen molar-refractivity contribution < 1.29 is 1.43 Å². The van der Waals surface area contributed by atoms with E-state index in [1.807, 2.05) is 13.8 Å². The smallest absolute Gasteiger partial charge is 0.106 e. The first kappa shape index (κ1) is 11.4. The molecular formula is C9H21N3. The zero-order valence-electron chi connectivity index (χ0n) is 8.30. The summed E-state index contributed by atoms with van der Waals surface area (Å²) < 4.78 is 0. The fraction of sp³-hybridized carbons (Fsp3) is 0.889. The Labute approximate surface area is 76.6 Å². The maximum absolute atomic E-state index is 8.64. The minimum Gasteiger partial charge on any atom is -0.313 e. The molecule has 0 aromatic rings. The van der Waals surface area contributed by atoms with Crippen molar-refractivity contribution in [3.8, 4) is 6.07 Å². The molecule has 0 unspecified atom stereocenters. The van der Waals surface area contributed by atoms with Crippen LogP contribution < -0.4 is 5.73 Å². The molecule has 0 aliphatic carbocycles. The molecule has 1 aliphatic rings. The number of rotatable bonds is 0. The maximum Gasteiger partial charge on any atom is 0.106 e. The molecule has 1 fully saturated rings. The van der Waals surface area contributed by atoms with Gasteiger partial charge in [-0.2, -0.15) is 5.26 Å². The van der Waals surface area contributed by atoms with E-state index in [1.165, 1.54) is 0 Å². The highest BCUT2D eigenvalue weighted by molar-refractivity contribution is 5.06. The molecule has 2 N–H and O–H groups in total. The summed E-state index contributed by atoms with van der Waals surface area (Å²) in [5, 5.41) is 8.64. The zero-order valence-corrected chi connectivity index (χ0v) is 8.30. The summed E-state index contributed by atoms with van der Waals surface area (Å²) in [5.74, 6) is 0. The van der Waals surface area contributed by atoms with Crippen LogP contribution in [0.5, 0.6) is 0 Å². The SMILES string of the molecule is CC.CN1CCC(N)(C#N)CC1.[HH]. The third-order valence-corrected chi connectivity index (χ3v) is 2.10. The van der Waals surface area contributed by atoms with Gasteiger partial charge in [-0.3, -0.25) is 0 Å². The Morgan fingerprint density at radius 1 is 1.42 bits per heavy atom. The summed E-state index contributed by atoms with van der Waals surface area (Å²) in [5.41, 5.74) is 5.20. The lowest BCUT2D eigenvalue weighted by Gasteiger charge is -2.32. The standard InChI is InChI=1S/C7H13N3.C2H6.H2/c1-10-4-2-7(9,6-8)3-5-10;1-2;/h2-5,9H2,1H3;1-2H3;1H. The molecule has 0 bridgehead atoms. The first-order valence-electron chi connectivity index (χ1n) is 4.55. The summed E-state index contributed by atoms with van der Waals surface area (Å²) >= 11 is 0. The van der Waals surface area contributed by atoms with Gasteiger partial charge in [-0.1, -0.05) is 13.8 Å². The van der Waals surface area contributed by atoms with E-state index in [-0.39, 0.29) is 1.43 Å². The van der Waals surface area contributed by atoms with Crippen LogP contribution in [-0.4, -0.2) is 30.6 Å². The third kappa shape index (κ3) is 3.21. The normalized spacial score (nSPS) is 21.9. The van der Waals surface area contributed by atoms with E-state index in [9.17, 15) is 0 Å². The van der Waals surface area contributed by atoms with Gasteiger partial charge in [0.05, 0.1) is 6.07 Å². The molecule has 0 saturated carbocycles. The minimum absolute atomic E-state index is 0. The Morgan fingerprint density at radius 3 is 2.17 bits per heavy atom. The van der Waals surface area contributed by atoms with E-state index < -0.39 is 5.54 Å². The van der Waals surface area contributed by atoms with Gasteiger partial charge in [0.15, 0.2) is 0 Å². The zero-order chi connectivity index (χ0) is 9.61. The first-order valence-corrected chi connectivity index (χ1v) is 4.55. The van der Waals surface area contributed by atoms with Gasteiger partial charge in [0, 0.05) is 14.5 Å². The summed E-state index contributed by atoms with van der Waals surface area (Å²) in [6.07, 6.45) is 1.61. The average Bonchev–Trinajstić information content (AvgIpc) is 2.14. The van der Waals surface area contributed by atoms with Crippen molar-refractivity contribution in [1.82, 2.24) is 4.90 Å². The fourth-order valence-corrected chi connectivity index (χ4v) is 1.13. The topological polar surface area (TPSA) is 53.0 Å². The Balaban J connectivity index is 0. The van der Waals surface area contributed by atoms with Gasteiger partial charge >= 0.3 is 0 Å². The maximum atomic E-state index is 8.64. The first-order chi connectivity index (χ1) is 5.66. The highest BCUT2D eigenvalue weighted by Crippen LogP contribution is 2.16. The van der Waals surface area contributed by atoms with E-state index in [1.54, 1.807) is 0 Å². The molecule has 1 heterocycles. The Bertz CT molecular complexity index is 157. The molecule has 0 spiro atoms. The monoisotopic (exact) mass is 171 g/mol. The molecule has 0 aromatic carbocycles. The number of piperidine rings is 1. The minimum atomic E-state index is -0.535. The molecule has 3 nitrogen and oxygen atoms in total. The molecule has 12 heavy (non-hydrogen) atoms. The van der Waals surface area contributed by atoms with Crippen LogP contribution in [0.2, 0.25) is 0 Å². The van der Waals surface area contributed by atoms with Crippen LogP contribution in [0.15, 0.2) is 0 Å². The van der Waals surface area contributed by atoms with Crippen molar-refractivity contribution in [1.29, 1.82) is 5.26 Å². The second-order valence-corrected chi connectivity index (χ2v) is 3.07. The number of hydrogen-bond acceptors (Lipinski definition) is 3. The molecule has 0 radical (unpaired) electrons. The molecule has 0 atom stereocenters. The Morgan fingerprint density at radius 2 is 1.83 bits per heavy atom. The summed E-state index contributed by atoms with van der Waals surface area (Å²) in [6.45, 7) is 5.90. The van der Waals surface area contributed by atoms with Crippen molar-refractivity contribution in [3.05, 3.63) is 0 Å². The van der Waals surface area contributed by atoms with E-state index in [2.05, 4.69) is 18.0 Å². The molecule has 3 heteroatoms. The highest BCUT2D eigenvalue weighted by atomic mass is 15.1. The van der Waals surface area contributed by atoms with E-state index in [4.69, 9.17) is 11.0 Å². The van der Waals surface area contributed by atoms with Crippen molar-refractivity contribution >= 4 is 0 Å². The molecule has 0 amide bonds. The molecule has 1 rings (SSSR count). The second-order valence-electron chi connectivity index (χ2n) is 3.07. The lowest BCUT2D eigenvalue weighted by molar-refractivity contribution is 0.224. The van der Waals surface area contributed by atoms with Crippen molar-refractivity contribution in [2.45, 2.75) is 32.2 Å². The van der Waals surface area contributed by atoms with Crippen molar-refractivity contribution in [2.24, 2.45) is 5.73 Å². The summed E-state index contributed by atoms with van der Waals surface area (Å²) in [7, 11) is 2.05. The van der Waals surface area contributed by atoms with E-state index in [0.29, 0.717) is 0 Å². The van der Waals surface area contributed by atoms with Gasteiger partial charge < -0.3 is 10.6 Å². The van der Waals surface area contributed by atoms with Crippen LogP contribution in [0.3, 0.4) is 0 Å². The molecule has 1 saturated heterocycles. The number of nitrogens with two attached hydrogens (primary N) is 1. The van der Waals surface area contributed by atoms with Crippen molar-refractivity contribution in [3.63, 3.8) is 0 Å². The number of nitrogens with zero attached hydrogens (tertiary/aromatic N) is 2. The van der Waals surface area contributed by atoms with Crippen LogP contribution >= 0.6 is 0 Å². The lowest BCUT2D eigenvalue weighted by Crippen LogP contribution is -2.48. The quantitative estimate of drug-likeness (QED) is 0.596. The predicted octanol–water partition coefficient (Wildman–Crippen LogP) is 1.21. The Kier molecular flexibility index (Phi) is 4.87. The second kappa shape index (κ2) is 5.13. The van der Waals surface area contributed by atoms with E-state index >= 15 is 0 Å². The van der Waals surface area contributed by atoms with Crippen LogP contribution in [0.1, 0.15) is 28.1 Å². The van der Waals surface area contributed by atoms with Gasteiger partial charge in [0.1, 0.15) is 5.54 Å². The lowest BCUT2D eigenvalue weighted by atomic mass is 9.91. The third-order valence-electron chi connectivity index (χ3n) is 2.10. The van der Waals surface area contributed by atoms with Gasteiger partial charge in [0.25, 0.3) is 0 Å². The number of hydrogen-bond donors (Lipinski definition) is 1. The van der Waals surface area contributed by atoms with Crippen molar-refractivity contribution in [2.75, 3.05) is 20.1 Å². The molecular weight excluding hydrogens is 150 g/mol. The molecule has 1 aliphatic heterocycles. The Hall–Kier alpha value is -0.590. The highest BCUT2D eigenvalue weighted by Gasteiger charge is 2.28. The number of likely N-dealkylation sites (tertiary alicyclic amines) is 1.